The fourth-order valence-corrected chi connectivity index (χ4v) is 5.75. The molecule has 39 heavy (non-hydrogen) atoms. The Morgan fingerprint density at radius 2 is 1.67 bits per heavy atom. The maximum atomic E-state index is 13.6. The molecule has 0 aliphatic carbocycles. The van der Waals surface area contributed by atoms with E-state index in [9.17, 15) is 9.59 Å². The Morgan fingerprint density at radius 1 is 1.00 bits per heavy atom. The molecular formula is C32H31N3O3S. The van der Waals surface area contributed by atoms with Crippen LogP contribution in [0.15, 0.2) is 107 Å². The van der Waals surface area contributed by atoms with Gasteiger partial charge in [0, 0.05) is 11.3 Å². The molecule has 3 aromatic carbocycles. The van der Waals surface area contributed by atoms with Crippen molar-refractivity contribution in [1.29, 1.82) is 0 Å². The first kappa shape index (κ1) is 26.5. The van der Waals surface area contributed by atoms with Gasteiger partial charge in [0.1, 0.15) is 0 Å². The summed E-state index contributed by atoms with van der Waals surface area (Å²) in [4.78, 5) is 33.8. The maximum Gasteiger partial charge on any atom is 0.338 e. The Balaban J connectivity index is 1.53. The standard InChI is InChI=1S/C32H31N3O3S/c1-4-38-31(37)28-29(24-13-9-6-10-14-24)34-32-35(30(28)25-17-15-21(2)16-18-25)26(20-39-32)19-27(36)33-22(3)23-11-7-5-8-12-23/h5-18,20,22,30H,4,19H2,1-3H3,(H,33,36)/t22-,30-/m1/s1. The Morgan fingerprint density at radius 3 is 2.33 bits per heavy atom. The molecule has 2 aliphatic rings. The minimum absolute atomic E-state index is 0.0994. The minimum atomic E-state index is -0.493. The van der Waals surface area contributed by atoms with Crippen molar-refractivity contribution in [2.24, 2.45) is 4.99 Å². The second kappa shape index (κ2) is 11.7. The van der Waals surface area contributed by atoms with Crippen molar-refractivity contribution in [3.8, 4) is 0 Å². The molecule has 6 nitrogen and oxygen atoms in total. The number of nitrogens with zero attached hydrogens (tertiary/aromatic N) is 2. The first-order valence-electron chi connectivity index (χ1n) is 13.1. The van der Waals surface area contributed by atoms with Gasteiger partial charge >= 0.3 is 5.97 Å². The number of nitrogens with one attached hydrogen (secondary N) is 1. The van der Waals surface area contributed by atoms with E-state index in [-0.39, 0.29) is 25.0 Å². The summed E-state index contributed by atoms with van der Waals surface area (Å²) in [7, 11) is 0. The fraction of sp³-hybridized carbons (Fsp3) is 0.219. The summed E-state index contributed by atoms with van der Waals surface area (Å²) >= 11 is 1.47. The lowest BCUT2D eigenvalue weighted by molar-refractivity contribution is -0.139. The van der Waals surface area contributed by atoms with Gasteiger partial charge in [-0.1, -0.05) is 102 Å². The van der Waals surface area contributed by atoms with Crippen LogP contribution in [-0.2, 0) is 14.3 Å². The molecule has 0 saturated heterocycles. The van der Waals surface area contributed by atoms with Crippen LogP contribution in [0.1, 0.15) is 54.6 Å². The summed E-state index contributed by atoms with van der Waals surface area (Å²) in [6.45, 7) is 6.05. The van der Waals surface area contributed by atoms with Crippen molar-refractivity contribution in [3.05, 3.63) is 124 Å². The van der Waals surface area contributed by atoms with Crippen molar-refractivity contribution in [2.45, 2.75) is 39.3 Å². The topological polar surface area (TPSA) is 71.0 Å². The second-order valence-electron chi connectivity index (χ2n) is 9.53. The van der Waals surface area contributed by atoms with E-state index in [4.69, 9.17) is 9.73 Å². The number of ether oxygens (including phenoxy) is 1. The van der Waals surface area contributed by atoms with Crippen LogP contribution in [0.5, 0.6) is 0 Å². The number of aryl methyl sites for hydroxylation is 1. The van der Waals surface area contributed by atoms with Crippen molar-refractivity contribution < 1.29 is 14.3 Å². The average Bonchev–Trinajstić information content (AvgIpc) is 3.35. The molecule has 0 fully saturated rings. The summed E-state index contributed by atoms with van der Waals surface area (Å²) < 4.78 is 5.58. The zero-order valence-corrected chi connectivity index (χ0v) is 23.1. The molecule has 0 radical (unpaired) electrons. The van der Waals surface area contributed by atoms with Gasteiger partial charge in [-0.15, -0.1) is 0 Å². The number of fused-ring (bicyclic) bond motifs is 1. The van der Waals surface area contributed by atoms with Crippen LogP contribution in [0.4, 0.5) is 0 Å². The molecule has 1 N–H and O–H groups in total. The highest BCUT2D eigenvalue weighted by atomic mass is 32.2. The second-order valence-corrected chi connectivity index (χ2v) is 10.4. The molecule has 2 aliphatic heterocycles. The first-order chi connectivity index (χ1) is 19.0. The van der Waals surface area contributed by atoms with E-state index in [0.29, 0.717) is 11.3 Å². The van der Waals surface area contributed by atoms with Gasteiger partial charge < -0.3 is 15.0 Å². The summed E-state index contributed by atoms with van der Waals surface area (Å²) in [5, 5.41) is 5.80. The number of aliphatic imine (C=N–C) groups is 1. The lowest BCUT2D eigenvalue weighted by Gasteiger charge is -2.37. The molecular weight excluding hydrogens is 506 g/mol. The number of rotatable bonds is 8. The largest absolute Gasteiger partial charge is 0.463 e. The Hall–Kier alpha value is -4.10. The van der Waals surface area contributed by atoms with Crippen LogP contribution < -0.4 is 5.32 Å². The number of hydrogen-bond donors (Lipinski definition) is 1. The van der Waals surface area contributed by atoms with Crippen molar-refractivity contribution in [3.63, 3.8) is 0 Å². The molecule has 0 unspecified atom stereocenters. The number of benzene rings is 3. The number of carbonyl (C=O) groups is 2. The van der Waals surface area contributed by atoms with E-state index in [1.165, 1.54) is 11.8 Å². The van der Waals surface area contributed by atoms with Crippen LogP contribution >= 0.6 is 11.8 Å². The Labute approximate surface area is 233 Å². The molecule has 0 saturated carbocycles. The molecule has 2 atom stereocenters. The number of amidine groups is 1. The lowest BCUT2D eigenvalue weighted by Crippen LogP contribution is -2.38. The van der Waals surface area contributed by atoms with Crippen LogP contribution in [0, 0.1) is 6.92 Å². The molecule has 1 amide bonds. The summed E-state index contributed by atoms with van der Waals surface area (Å²) in [5.41, 5.74) is 5.77. The SMILES string of the molecule is CCOC(=O)C1=C(c2ccccc2)N=C2SC=C(CC(=O)N[C@H](C)c3ccccc3)N2[C@@H]1c1ccc(C)cc1. The van der Waals surface area contributed by atoms with Gasteiger partial charge in [0.25, 0.3) is 0 Å². The summed E-state index contributed by atoms with van der Waals surface area (Å²) in [6.07, 6.45) is 0.155. The molecule has 2 heterocycles. The highest BCUT2D eigenvalue weighted by Crippen LogP contribution is 2.47. The van der Waals surface area contributed by atoms with E-state index in [1.807, 2.05) is 109 Å². The number of thioether (sulfide) groups is 1. The van der Waals surface area contributed by atoms with Crippen molar-refractivity contribution >= 4 is 34.5 Å². The highest BCUT2D eigenvalue weighted by molar-refractivity contribution is 8.16. The zero-order chi connectivity index (χ0) is 27.4. The zero-order valence-electron chi connectivity index (χ0n) is 22.3. The first-order valence-corrected chi connectivity index (χ1v) is 14.0. The molecule has 0 aromatic heterocycles. The van der Waals surface area contributed by atoms with Crippen LogP contribution in [0.3, 0.4) is 0 Å². The van der Waals surface area contributed by atoms with Crippen LogP contribution in [-0.4, -0.2) is 28.6 Å². The maximum absolute atomic E-state index is 13.6. The predicted molar refractivity (Wildman–Crippen MR) is 156 cm³/mol. The molecule has 7 heteroatoms. The van der Waals surface area contributed by atoms with Gasteiger partial charge in [0.15, 0.2) is 5.17 Å². The third kappa shape index (κ3) is 5.68. The van der Waals surface area contributed by atoms with Gasteiger partial charge in [-0.05, 0) is 37.3 Å². The Kier molecular flexibility index (Phi) is 7.98. The normalized spacial score (nSPS) is 17.2. The summed E-state index contributed by atoms with van der Waals surface area (Å²) in [6, 6.07) is 27.1. The third-order valence-corrected chi connectivity index (χ3v) is 7.65. The Bertz CT molecular complexity index is 1450. The lowest BCUT2D eigenvalue weighted by atomic mass is 9.91. The minimum Gasteiger partial charge on any atom is -0.463 e. The number of carbonyl (C=O) groups excluding carboxylic acids is 2. The smallest absolute Gasteiger partial charge is 0.338 e. The fourth-order valence-electron chi connectivity index (χ4n) is 4.83. The predicted octanol–water partition coefficient (Wildman–Crippen LogP) is 6.54. The van der Waals surface area contributed by atoms with E-state index >= 15 is 0 Å². The highest BCUT2D eigenvalue weighted by Gasteiger charge is 2.42. The average molecular weight is 538 g/mol. The van der Waals surface area contributed by atoms with E-state index < -0.39 is 12.0 Å². The molecule has 0 spiro atoms. The van der Waals surface area contributed by atoms with E-state index in [2.05, 4.69) is 5.32 Å². The third-order valence-electron chi connectivity index (χ3n) is 6.76. The van der Waals surface area contributed by atoms with Gasteiger partial charge in [-0.3, -0.25) is 4.79 Å². The number of hydrogen-bond acceptors (Lipinski definition) is 6. The van der Waals surface area contributed by atoms with Crippen LogP contribution in [0.2, 0.25) is 0 Å². The molecule has 198 valence electrons. The van der Waals surface area contributed by atoms with Gasteiger partial charge in [0.05, 0.1) is 36.4 Å². The number of amides is 1. The summed E-state index contributed by atoms with van der Waals surface area (Å²) in [5.74, 6) is -0.513. The van der Waals surface area contributed by atoms with Crippen LogP contribution in [0.25, 0.3) is 5.70 Å². The molecule has 0 bridgehead atoms. The van der Waals surface area contributed by atoms with Crippen molar-refractivity contribution in [1.82, 2.24) is 10.2 Å². The number of esters is 1. The quantitative estimate of drug-likeness (QED) is 0.331. The van der Waals surface area contributed by atoms with Crippen molar-refractivity contribution in [2.75, 3.05) is 6.61 Å². The van der Waals surface area contributed by atoms with Gasteiger partial charge in [-0.2, -0.15) is 0 Å². The van der Waals surface area contributed by atoms with Gasteiger partial charge in [-0.25, -0.2) is 9.79 Å². The molecule has 3 aromatic rings. The van der Waals surface area contributed by atoms with E-state index in [1.54, 1.807) is 6.92 Å². The molecule has 5 rings (SSSR count). The monoisotopic (exact) mass is 537 g/mol. The van der Waals surface area contributed by atoms with E-state index in [0.717, 1.165) is 33.1 Å². The van der Waals surface area contributed by atoms with Gasteiger partial charge in [0.2, 0.25) is 5.91 Å².